The Balaban J connectivity index is 2.36. The first kappa shape index (κ1) is 14.8. The van der Waals surface area contributed by atoms with Crippen molar-refractivity contribution < 1.29 is 5.11 Å². The lowest BCUT2D eigenvalue weighted by atomic mass is 10.1. The minimum atomic E-state index is 0.273. The number of rotatable bonds is 7. The average molecular weight is 259 g/mol. The molecule has 1 unspecified atom stereocenters. The quantitative estimate of drug-likeness (QED) is 0.650. The molecule has 1 rings (SSSR count). The van der Waals surface area contributed by atoms with Crippen LogP contribution >= 0.6 is 12.2 Å². The zero-order valence-corrected chi connectivity index (χ0v) is 11.6. The summed E-state index contributed by atoms with van der Waals surface area (Å²) in [6.45, 7) is 7.64. The molecular weight excluding hydrogens is 234 g/mol. The maximum atomic E-state index is 8.81. The minimum Gasteiger partial charge on any atom is -0.396 e. The largest absolute Gasteiger partial charge is 0.396 e. The number of thiocarbonyl (C=S) groups is 1. The van der Waals surface area contributed by atoms with E-state index in [0.29, 0.717) is 4.99 Å². The van der Waals surface area contributed by atoms with Gasteiger partial charge in [-0.2, -0.15) is 0 Å². The highest BCUT2D eigenvalue weighted by atomic mass is 32.1. The van der Waals surface area contributed by atoms with Gasteiger partial charge in [-0.3, -0.25) is 4.90 Å². The maximum Gasteiger partial charge on any atom is 0.0902 e. The number of nitrogens with zero attached hydrogens (tertiary/aromatic N) is 2. The van der Waals surface area contributed by atoms with Crippen molar-refractivity contribution in [3.63, 3.8) is 0 Å². The van der Waals surface area contributed by atoms with E-state index >= 15 is 0 Å². The summed E-state index contributed by atoms with van der Waals surface area (Å²) in [6, 6.07) is 0.273. The number of hydrogen-bond donors (Lipinski definition) is 2. The summed E-state index contributed by atoms with van der Waals surface area (Å²) in [5.74, 6) is 0. The molecular formula is C12H25N3OS. The van der Waals surface area contributed by atoms with E-state index in [-0.39, 0.29) is 12.6 Å². The van der Waals surface area contributed by atoms with Gasteiger partial charge in [0.05, 0.1) is 11.0 Å². The number of aliphatic hydroxyl groups is 1. The summed E-state index contributed by atoms with van der Waals surface area (Å²) in [5, 5.41) is 8.81. The van der Waals surface area contributed by atoms with Gasteiger partial charge in [0, 0.05) is 39.3 Å². The lowest BCUT2D eigenvalue weighted by molar-refractivity contribution is 0.109. The molecule has 0 amide bonds. The molecule has 5 heteroatoms. The van der Waals surface area contributed by atoms with Crippen LogP contribution in [0.25, 0.3) is 0 Å². The van der Waals surface area contributed by atoms with Gasteiger partial charge in [-0.05, 0) is 12.8 Å². The van der Waals surface area contributed by atoms with E-state index < -0.39 is 0 Å². The fourth-order valence-electron chi connectivity index (χ4n) is 2.37. The molecule has 3 N–H and O–H groups in total. The van der Waals surface area contributed by atoms with E-state index in [0.717, 1.165) is 52.0 Å². The molecule has 0 aromatic rings. The fourth-order valence-corrected chi connectivity index (χ4v) is 2.64. The second-order valence-corrected chi connectivity index (χ2v) is 5.13. The van der Waals surface area contributed by atoms with E-state index in [4.69, 9.17) is 23.1 Å². The van der Waals surface area contributed by atoms with Gasteiger partial charge in [-0.25, -0.2) is 0 Å². The smallest absolute Gasteiger partial charge is 0.0902 e. The summed E-state index contributed by atoms with van der Waals surface area (Å²) in [6.07, 6.45) is 3.05. The predicted molar refractivity (Wildman–Crippen MR) is 75.2 cm³/mol. The van der Waals surface area contributed by atoms with Crippen LogP contribution < -0.4 is 5.73 Å². The van der Waals surface area contributed by atoms with Crippen LogP contribution in [0.5, 0.6) is 0 Å². The molecule has 0 aliphatic carbocycles. The molecule has 17 heavy (non-hydrogen) atoms. The number of aliphatic hydroxyl groups excluding tert-OH is 1. The normalized spacial score (nSPS) is 20.4. The van der Waals surface area contributed by atoms with Crippen LogP contribution in [0.4, 0.5) is 0 Å². The van der Waals surface area contributed by atoms with E-state index in [1.165, 1.54) is 0 Å². The fraction of sp³-hybridized carbons (Fsp3) is 0.917. The zero-order valence-electron chi connectivity index (χ0n) is 10.8. The number of hydrogen-bond acceptors (Lipinski definition) is 4. The van der Waals surface area contributed by atoms with E-state index in [1.54, 1.807) is 0 Å². The lowest BCUT2D eigenvalue weighted by Crippen LogP contribution is -2.53. The van der Waals surface area contributed by atoms with Gasteiger partial charge in [-0.15, -0.1) is 0 Å². The van der Waals surface area contributed by atoms with Crippen molar-refractivity contribution >= 4 is 17.2 Å². The van der Waals surface area contributed by atoms with Gasteiger partial charge in [0.1, 0.15) is 0 Å². The molecule has 1 aliphatic heterocycles. The van der Waals surface area contributed by atoms with Crippen LogP contribution in [-0.4, -0.2) is 65.3 Å². The molecule has 1 aliphatic rings. The van der Waals surface area contributed by atoms with E-state index in [9.17, 15) is 0 Å². The lowest BCUT2D eigenvalue weighted by Gasteiger charge is -2.38. The molecule has 0 radical (unpaired) electrons. The predicted octanol–water partition coefficient (Wildman–Crippen LogP) is 0.441. The first-order valence-corrected chi connectivity index (χ1v) is 6.96. The average Bonchev–Trinajstić information content (AvgIpc) is 2.34. The van der Waals surface area contributed by atoms with Crippen molar-refractivity contribution in [3.05, 3.63) is 0 Å². The van der Waals surface area contributed by atoms with Crippen molar-refractivity contribution in [2.75, 3.05) is 39.3 Å². The van der Waals surface area contributed by atoms with Crippen LogP contribution in [0, 0.1) is 0 Å². The molecule has 1 saturated heterocycles. The van der Waals surface area contributed by atoms with Crippen molar-refractivity contribution in [1.82, 2.24) is 9.80 Å². The van der Waals surface area contributed by atoms with Crippen LogP contribution in [0.3, 0.4) is 0 Å². The second-order valence-electron chi connectivity index (χ2n) is 4.66. The molecule has 4 nitrogen and oxygen atoms in total. The Kier molecular flexibility index (Phi) is 6.96. The number of piperazine rings is 1. The van der Waals surface area contributed by atoms with Crippen molar-refractivity contribution in [1.29, 1.82) is 0 Å². The molecule has 100 valence electrons. The Morgan fingerprint density at radius 3 is 2.47 bits per heavy atom. The van der Waals surface area contributed by atoms with Gasteiger partial charge in [-0.1, -0.05) is 25.6 Å². The topological polar surface area (TPSA) is 52.7 Å². The van der Waals surface area contributed by atoms with E-state index in [2.05, 4.69) is 16.7 Å². The Labute approximate surface area is 110 Å². The van der Waals surface area contributed by atoms with Crippen LogP contribution in [0.15, 0.2) is 0 Å². The summed E-state index contributed by atoms with van der Waals surface area (Å²) in [5.41, 5.74) is 5.81. The summed E-state index contributed by atoms with van der Waals surface area (Å²) < 4.78 is 0. The third-order valence-corrected chi connectivity index (χ3v) is 3.64. The first-order valence-electron chi connectivity index (χ1n) is 6.55. The Morgan fingerprint density at radius 2 is 2.00 bits per heavy atom. The van der Waals surface area contributed by atoms with Crippen LogP contribution in [-0.2, 0) is 0 Å². The molecule has 0 bridgehead atoms. The molecule has 0 aromatic heterocycles. The summed E-state index contributed by atoms with van der Waals surface area (Å²) >= 11 is 5.15. The van der Waals surface area contributed by atoms with Crippen LogP contribution in [0.1, 0.15) is 26.2 Å². The summed E-state index contributed by atoms with van der Waals surface area (Å²) in [4.78, 5) is 5.44. The Bertz CT molecular complexity index is 230. The highest BCUT2D eigenvalue weighted by molar-refractivity contribution is 7.80. The van der Waals surface area contributed by atoms with Crippen molar-refractivity contribution in [2.24, 2.45) is 5.73 Å². The molecule has 0 saturated carbocycles. The first-order chi connectivity index (χ1) is 8.19. The summed E-state index contributed by atoms with van der Waals surface area (Å²) in [7, 11) is 0. The molecule has 1 heterocycles. The second kappa shape index (κ2) is 7.97. The SMILES string of the molecule is CCCC(C(N)=S)N1CCN(CCCO)CC1. The zero-order chi connectivity index (χ0) is 12.7. The standard InChI is InChI=1S/C12H25N3OS/c1-2-4-11(12(13)17)15-8-6-14(7-9-15)5-3-10-16/h11,16H,2-10H2,1H3,(H2,13,17). The third-order valence-electron chi connectivity index (χ3n) is 3.37. The van der Waals surface area contributed by atoms with Crippen molar-refractivity contribution in [3.8, 4) is 0 Å². The van der Waals surface area contributed by atoms with Gasteiger partial charge in [0.2, 0.25) is 0 Å². The molecule has 1 fully saturated rings. The monoisotopic (exact) mass is 259 g/mol. The molecule has 0 spiro atoms. The Morgan fingerprint density at radius 1 is 1.35 bits per heavy atom. The Hall–Kier alpha value is -0.230. The van der Waals surface area contributed by atoms with Crippen molar-refractivity contribution in [2.45, 2.75) is 32.2 Å². The van der Waals surface area contributed by atoms with E-state index in [1.807, 2.05) is 0 Å². The van der Waals surface area contributed by atoms with Gasteiger partial charge in [0.15, 0.2) is 0 Å². The minimum absolute atomic E-state index is 0.273. The molecule has 1 atom stereocenters. The maximum absolute atomic E-state index is 8.81. The van der Waals surface area contributed by atoms with Crippen LogP contribution in [0.2, 0.25) is 0 Å². The van der Waals surface area contributed by atoms with Gasteiger partial charge < -0.3 is 15.7 Å². The highest BCUT2D eigenvalue weighted by Crippen LogP contribution is 2.11. The highest BCUT2D eigenvalue weighted by Gasteiger charge is 2.24. The molecule has 0 aromatic carbocycles. The van der Waals surface area contributed by atoms with Gasteiger partial charge in [0.25, 0.3) is 0 Å². The number of nitrogens with two attached hydrogens (primary N) is 1. The third kappa shape index (κ3) is 4.87. The van der Waals surface area contributed by atoms with Gasteiger partial charge >= 0.3 is 0 Å².